The molecule has 0 aliphatic carbocycles. The number of amides is 1. The van der Waals surface area contributed by atoms with Crippen LogP contribution in [0.2, 0.25) is 5.02 Å². The fourth-order valence-corrected chi connectivity index (χ4v) is 1.11. The Morgan fingerprint density at radius 1 is 1.54 bits per heavy atom. The van der Waals surface area contributed by atoms with Gasteiger partial charge in [0, 0.05) is 10.6 Å². The molecule has 0 saturated heterocycles. The largest absolute Gasteiger partial charge is 0.369 e. The fourth-order valence-electron chi connectivity index (χ4n) is 0.875. The summed E-state index contributed by atoms with van der Waals surface area (Å²) in [6.45, 7) is 0. The van der Waals surface area contributed by atoms with Crippen LogP contribution in [0.15, 0.2) is 18.2 Å². The number of carbonyl (C=O) groups is 1. The zero-order valence-electron chi connectivity index (χ0n) is 6.59. The Morgan fingerprint density at radius 2 is 2.15 bits per heavy atom. The van der Waals surface area contributed by atoms with Crippen LogP contribution in [0, 0.1) is 5.82 Å². The molecule has 2 nitrogen and oxygen atoms in total. The molecule has 1 aromatic carbocycles. The lowest BCUT2D eigenvalue weighted by Crippen LogP contribution is -2.14. The number of hydrogen-bond donors (Lipinski definition) is 1. The van der Waals surface area contributed by atoms with E-state index in [1.165, 1.54) is 18.2 Å². The summed E-state index contributed by atoms with van der Waals surface area (Å²) < 4.78 is 12.9. The lowest BCUT2D eigenvalue weighted by Gasteiger charge is -2.01. The van der Waals surface area contributed by atoms with E-state index in [1.807, 2.05) is 0 Å². The van der Waals surface area contributed by atoms with Gasteiger partial charge in [0.1, 0.15) is 5.82 Å². The van der Waals surface area contributed by atoms with E-state index in [0.717, 1.165) is 0 Å². The van der Waals surface area contributed by atoms with E-state index in [-0.39, 0.29) is 29.4 Å². The highest BCUT2D eigenvalue weighted by atomic mass is 35.5. The molecule has 1 aromatic rings. The van der Waals surface area contributed by atoms with E-state index >= 15 is 0 Å². The van der Waals surface area contributed by atoms with Crippen LogP contribution in [0.1, 0.15) is 5.56 Å². The summed E-state index contributed by atoms with van der Waals surface area (Å²) in [5, 5.41) is 0.230. The van der Waals surface area contributed by atoms with E-state index < -0.39 is 11.7 Å². The van der Waals surface area contributed by atoms with Crippen LogP contribution in [-0.2, 0) is 11.2 Å². The van der Waals surface area contributed by atoms with Gasteiger partial charge in [0.05, 0.1) is 6.42 Å². The number of benzene rings is 1. The van der Waals surface area contributed by atoms with Crippen LogP contribution in [0.25, 0.3) is 0 Å². The molecular formula is C8H8Cl2FNO. The molecule has 72 valence electrons. The molecule has 0 aromatic heterocycles. The number of halogens is 3. The lowest BCUT2D eigenvalue weighted by atomic mass is 10.1. The second kappa shape index (κ2) is 5.04. The van der Waals surface area contributed by atoms with E-state index in [4.69, 9.17) is 17.3 Å². The molecule has 1 rings (SSSR count). The smallest absolute Gasteiger partial charge is 0.222 e. The molecule has 0 unspecified atom stereocenters. The van der Waals surface area contributed by atoms with Gasteiger partial charge in [0.15, 0.2) is 0 Å². The van der Waals surface area contributed by atoms with Crippen molar-refractivity contribution in [3.05, 3.63) is 34.6 Å². The first-order valence-corrected chi connectivity index (χ1v) is 3.70. The number of hydrogen-bond acceptors (Lipinski definition) is 1. The molecule has 2 N–H and O–H groups in total. The minimum atomic E-state index is -0.595. The van der Waals surface area contributed by atoms with E-state index in [2.05, 4.69) is 0 Å². The Kier molecular flexibility index (Phi) is 4.73. The minimum Gasteiger partial charge on any atom is -0.369 e. The average molecular weight is 224 g/mol. The predicted octanol–water partition coefficient (Wildman–Crippen LogP) is 1.93. The molecule has 0 radical (unpaired) electrons. The molecule has 0 saturated carbocycles. The molecular weight excluding hydrogens is 216 g/mol. The van der Waals surface area contributed by atoms with Crippen molar-refractivity contribution >= 4 is 29.9 Å². The number of nitrogens with two attached hydrogens (primary N) is 1. The number of primary amides is 1. The first kappa shape index (κ1) is 12.2. The maximum absolute atomic E-state index is 12.9. The molecule has 5 heteroatoms. The minimum absolute atomic E-state index is 0. The zero-order chi connectivity index (χ0) is 9.14. The van der Waals surface area contributed by atoms with Gasteiger partial charge in [-0.05, 0) is 12.1 Å². The molecule has 1 amide bonds. The van der Waals surface area contributed by atoms with Crippen molar-refractivity contribution in [1.29, 1.82) is 0 Å². The molecule has 0 heterocycles. The van der Waals surface area contributed by atoms with E-state index in [9.17, 15) is 9.18 Å². The van der Waals surface area contributed by atoms with Gasteiger partial charge in [-0.3, -0.25) is 4.79 Å². The summed E-state index contributed by atoms with van der Waals surface area (Å²) in [6.07, 6.45) is -0.161. The van der Waals surface area contributed by atoms with Crippen molar-refractivity contribution in [1.82, 2.24) is 0 Å². The van der Waals surface area contributed by atoms with Crippen LogP contribution >= 0.6 is 24.0 Å². The van der Waals surface area contributed by atoms with E-state index in [1.54, 1.807) is 0 Å². The summed E-state index contributed by atoms with van der Waals surface area (Å²) in [6, 6.07) is 4.23. The molecule has 0 spiro atoms. The van der Waals surface area contributed by atoms with Crippen LogP contribution in [0.3, 0.4) is 0 Å². The molecule has 0 fully saturated rings. The van der Waals surface area contributed by atoms with Gasteiger partial charge in [-0.15, -0.1) is 12.4 Å². The maximum atomic E-state index is 12.9. The highest BCUT2D eigenvalue weighted by molar-refractivity contribution is 6.31. The second-order valence-corrected chi connectivity index (χ2v) is 2.75. The predicted molar refractivity (Wildman–Crippen MR) is 51.6 cm³/mol. The second-order valence-electron chi connectivity index (χ2n) is 2.34. The van der Waals surface area contributed by atoms with Gasteiger partial charge in [-0.1, -0.05) is 17.7 Å². The van der Waals surface area contributed by atoms with Crippen molar-refractivity contribution < 1.29 is 9.18 Å². The van der Waals surface area contributed by atoms with Gasteiger partial charge in [-0.2, -0.15) is 0 Å². The first-order valence-electron chi connectivity index (χ1n) is 3.32. The fraction of sp³-hybridized carbons (Fsp3) is 0.125. The molecule has 0 aliphatic heterocycles. The summed E-state index contributed by atoms with van der Waals surface area (Å²) in [4.78, 5) is 10.5. The average Bonchev–Trinajstić information content (AvgIpc) is 1.97. The van der Waals surface area contributed by atoms with Crippen LogP contribution < -0.4 is 5.73 Å². The zero-order valence-corrected chi connectivity index (χ0v) is 8.16. The Labute approximate surface area is 86.3 Å². The van der Waals surface area contributed by atoms with Gasteiger partial charge in [0.2, 0.25) is 5.91 Å². The highest BCUT2D eigenvalue weighted by Crippen LogP contribution is 2.18. The Balaban J connectivity index is 0.00000144. The van der Waals surface area contributed by atoms with Crippen molar-refractivity contribution in [2.24, 2.45) is 5.73 Å². The normalized spacial score (nSPS) is 9.08. The van der Waals surface area contributed by atoms with Gasteiger partial charge >= 0.3 is 0 Å². The Hall–Kier alpha value is -0.800. The standard InChI is InChI=1S/C8H7ClFNO.ClH/c9-6-2-1-3-7(10)5(6)4-8(11)12;/h1-3H,4H2,(H2,11,12);1H. The third kappa shape index (κ3) is 3.20. The quantitative estimate of drug-likeness (QED) is 0.819. The molecule has 0 bridgehead atoms. The number of rotatable bonds is 2. The Morgan fingerprint density at radius 3 is 2.62 bits per heavy atom. The third-order valence-electron chi connectivity index (χ3n) is 1.41. The SMILES string of the molecule is Cl.NC(=O)Cc1c(F)cccc1Cl. The van der Waals surface area contributed by atoms with Crippen molar-refractivity contribution in [3.63, 3.8) is 0 Å². The lowest BCUT2D eigenvalue weighted by molar-refractivity contribution is -0.117. The van der Waals surface area contributed by atoms with Crippen molar-refractivity contribution in [3.8, 4) is 0 Å². The molecule has 0 aliphatic rings. The number of carbonyl (C=O) groups excluding carboxylic acids is 1. The van der Waals surface area contributed by atoms with Crippen LogP contribution in [-0.4, -0.2) is 5.91 Å². The summed E-state index contributed by atoms with van der Waals surface area (Å²) in [5.74, 6) is -1.09. The Bertz CT molecular complexity index is 297. The monoisotopic (exact) mass is 223 g/mol. The summed E-state index contributed by atoms with van der Waals surface area (Å²) in [5.41, 5.74) is 5.06. The van der Waals surface area contributed by atoms with Gasteiger partial charge in [-0.25, -0.2) is 4.39 Å². The van der Waals surface area contributed by atoms with Gasteiger partial charge in [0.25, 0.3) is 0 Å². The summed E-state index contributed by atoms with van der Waals surface area (Å²) in [7, 11) is 0. The van der Waals surface area contributed by atoms with E-state index in [0.29, 0.717) is 0 Å². The first-order chi connectivity index (χ1) is 5.61. The molecule has 13 heavy (non-hydrogen) atoms. The summed E-state index contributed by atoms with van der Waals surface area (Å²) >= 11 is 5.63. The van der Waals surface area contributed by atoms with Crippen molar-refractivity contribution in [2.45, 2.75) is 6.42 Å². The van der Waals surface area contributed by atoms with Crippen molar-refractivity contribution in [2.75, 3.05) is 0 Å². The molecule has 0 atom stereocenters. The topological polar surface area (TPSA) is 43.1 Å². The third-order valence-corrected chi connectivity index (χ3v) is 1.77. The van der Waals surface area contributed by atoms with Crippen LogP contribution in [0.4, 0.5) is 4.39 Å². The van der Waals surface area contributed by atoms with Gasteiger partial charge < -0.3 is 5.73 Å². The highest BCUT2D eigenvalue weighted by Gasteiger charge is 2.08. The maximum Gasteiger partial charge on any atom is 0.222 e. The van der Waals surface area contributed by atoms with Crippen LogP contribution in [0.5, 0.6) is 0 Å².